The second-order valence-electron chi connectivity index (χ2n) is 3.61. The van der Waals surface area contributed by atoms with Crippen LogP contribution in [-0.2, 0) is 9.59 Å². The zero-order chi connectivity index (χ0) is 14.7. The third kappa shape index (κ3) is 8.74. The quantitative estimate of drug-likeness (QED) is 0.596. The van der Waals surface area contributed by atoms with Gasteiger partial charge in [-0.15, -0.1) is 23.5 Å². The summed E-state index contributed by atoms with van der Waals surface area (Å²) in [7, 11) is 0. The van der Waals surface area contributed by atoms with Crippen molar-refractivity contribution in [2.75, 3.05) is 11.5 Å². The number of carboxylic acid groups (broad SMARTS) is 1. The molecule has 0 aliphatic heterocycles. The molecule has 108 valence electrons. The SMILES string of the molecule is C/C=C\SC[C@H](NC(=O)[C@@H](N)CS/C=C\C)C(=O)O. The first-order valence-electron chi connectivity index (χ1n) is 5.77. The highest BCUT2D eigenvalue weighted by Crippen LogP contribution is 2.06. The summed E-state index contributed by atoms with van der Waals surface area (Å²) in [5, 5.41) is 15.1. The number of hydrogen-bond donors (Lipinski definition) is 3. The van der Waals surface area contributed by atoms with Crippen molar-refractivity contribution in [1.82, 2.24) is 5.32 Å². The number of carbonyl (C=O) groups excluding carboxylic acids is 1. The zero-order valence-corrected chi connectivity index (χ0v) is 12.7. The molecule has 0 aliphatic rings. The maximum absolute atomic E-state index is 11.7. The van der Waals surface area contributed by atoms with E-state index in [0.29, 0.717) is 5.75 Å². The lowest BCUT2D eigenvalue weighted by Gasteiger charge is -2.16. The average molecular weight is 304 g/mol. The monoisotopic (exact) mass is 304 g/mol. The highest BCUT2D eigenvalue weighted by Gasteiger charge is 2.22. The number of rotatable bonds is 9. The summed E-state index contributed by atoms with van der Waals surface area (Å²) in [6.45, 7) is 3.72. The zero-order valence-electron chi connectivity index (χ0n) is 11.0. The minimum atomic E-state index is -1.06. The Morgan fingerprint density at radius 2 is 1.74 bits per heavy atom. The number of amides is 1. The van der Waals surface area contributed by atoms with Gasteiger partial charge in [-0.2, -0.15) is 0 Å². The van der Waals surface area contributed by atoms with Gasteiger partial charge in [0.05, 0.1) is 6.04 Å². The predicted octanol–water partition coefficient (Wildman–Crippen LogP) is 1.42. The van der Waals surface area contributed by atoms with Gasteiger partial charge in [0.1, 0.15) is 6.04 Å². The lowest BCUT2D eigenvalue weighted by atomic mass is 10.3. The fourth-order valence-corrected chi connectivity index (χ4v) is 2.42. The van der Waals surface area contributed by atoms with Crippen molar-refractivity contribution in [3.05, 3.63) is 23.0 Å². The van der Waals surface area contributed by atoms with Crippen molar-refractivity contribution in [3.63, 3.8) is 0 Å². The molecular weight excluding hydrogens is 284 g/mol. The molecule has 2 atom stereocenters. The van der Waals surface area contributed by atoms with Crippen LogP contribution >= 0.6 is 23.5 Å². The first-order chi connectivity index (χ1) is 9.02. The molecular formula is C12H20N2O3S2. The van der Waals surface area contributed by atoms with E-state index in [0.717, 1.165) is 0 Å². The Morgan fingerprint density at radius 1 is 1.21 bits per heavy atom. The van der Waals surface area contributed by atoms with Crippen molar-refractivity contribution in [3.8, 4) is 0 Å². The molecule has 0 aromatic heterocycles. The maximum atomic E-state index is 11.7. The number of aliphatic carboxylic acids is 1. The Balaban J connectivity index is 4.25. The van der Waals surface area contributed by atoms with Crippen LogP contribution in [0.5, 0.6) is 0 Å². The van der Waals surface area contributed by atoms with Crippen LogP contribution in [0.2, 0.25) is 0 Å². The number of thioether (sulfide) groups is 2. The van der Waals surface area contributed by atoms with E-state index in [9.17, 15) is 9.59 Å². The average Bonchev–Trinajstić information content (AvgIpc) is 2.37. The second kappa shape index (κ2) is 11.0. The van der Waals surface area contributed by atoms with E-state index in [2.05, 4.69) is 5.32 Å². The molecule has 0 heterocycles. The molecule has 1 amide bonds. The van der Waals surface area contributed by atoms with E-state index in [1.165, 1.54) is 23.5 Å². The first-order valence-corrected chi connectivity index (χ1v) is 7.87. The molecule has 0 rings (SSSR count). The maximum Gasteiger partial charge on any atom is 0.327 e. The summed E-state index contributed by atoms with van der Waals surface area (Å²) in [5.74, 6) is -0.797. The number of hydrogen-bond acceptors (Lipinski definition) is 5. The molecule has 0 aromatic carbocycles. The van der Waals surface area contributed by atoms with E-state index in [1.54, 1.807) is 5.41 Å². The van der Waals surface area contributed by atoms with Gasteiger partial charge in [0.25, 0.3) is 0 Å². The molecule has 0 bridgehead atoms. The number of carboxylic acids is 1. The van der Waals surface area contributed by atoms with E-state index in [1.807, 2.05) is 31.4 Å². The van der Waals surface area contributed by atoms with Crippen LogP contribution < -0.4 is 11.1 Å². The van der Waals surface area contributed by atoms with Crippen molar-refractivity contribution >= 4 is 35.4 Å². The van der Waals surface area contributed by atoms with Crippen molar-refractivity contribution in [1.29, 1.82) is 0 Å². The molecule has 19 heavy (non-hydrogen) atoms. The summed E-state index contributed by atoms with van der Waals surface area (Å²) in [6.07, 6.45) is 3.66. The van der Waals surface area contributed by atoms with Gasteiger partial charge >= 0.3 is 5.97 Å². The minimum absolute atomic E-state index is 0.278. The highest BCUT2D eigenvalue weighted by atomic mass is 32.2. The third-order valence-electron chi connectivity index (χ3n) is 1.95. The van der Waals surface area contributed by atoms with Crippen molar-refractivity contribution < 1.29 is 14.7 Å². The van der Waals surface area contributed by atoms with E-state index < -0.39 is 24.0 Å². The van der Waals surface area contributed by atoms with Crippen molar-refractivity contribution in [2.24, 2.45) is 5.73 Å². The molecule has 4 N–H and O–H groups in total. The van der Waals surface area contributed by atoms with Crippen LogP contribution in [0.1, 0.15) is 13.8 Å². The van der Waals surface area contributed by atoms with Gasteiger partial charge in [-0.05, 0) is 24.7 Å². The Labute approximate surface area is 122 Å². The van der Waals surface area contributed by atoms with Gasteiger partial charge in [0, 0.05) is 11.5 Å². The number of nitrogens with one attached hydrogen (secondary N) is 1. The van der Waals surface area contributed by atoms with Gasteiger partial charge in [-0.1, -0.05) is 12.2 Å². The van der Waals surface area contributed by atoms with Gasteiger partial charge in [0.2, 0.25) is 5.91 Å². The second-order valence-corrected chi connectivity index (χ2v) is 5.49. The van der Waals surface area contributed by atoms with E-state index in [4.69, 9.17) is 10.8 Å². The lowest BCUT2D eigenvalue weighted by molar-refractivity contribution is -0.141. The molecule has 0 spiro atoms. The van der Waals surface area contributed by atoms with E-state index >= 15 is 0 Å². The predicted molar refractivity (Wildman–Crippen MR) is 82.1 cm³/mol. The molecule has 0 aliphatic carbocycles. The Morgan fingerprint density at radius 3 is 2.21 bits per heavy atom. The summed E-state index contributed by atoms with van der Waals surface area (Å²) < 4.78 is 0. The fourth-order valence-electron chi connectivity index (χ4n) is 1.03. The number of carbonyl (C=O) groups is 2. The number of nitrogens with two attached hydrogens (primary N) is 1. The van der Waals surface area contributed by atoms with Gasteiger partial charge in [-0.25, -0.2) is 4.79 Å². The molecule has 0 saturated heterocycles. The van der Waals surface area contributed by atoms with Gasteiger partial charge in [-0.3, -0.25) is 4.79 Å². The number of allylic oxidation sites excluding steroid dienone is 2. The van der Waals surface area contributed by atoms with Crippen LogP contribution in [-0.4, -0.2) is 40.6 Å². The highest BCUT2D eigenvalue weighted by molar-refractivity contribution is 8.02. The molecule has 7 heteroatoms. The van der Waals surface area contributed by atoms with Crippen LogP contribution in [0.15, 0.2) is 23.0 Å². The Hall–Kier alpha value is -0.920. The molecule has 0 aromatic rings. The smallest absolute Gasteiger partial charge is 0.327 e. The molecule has 0 unspecified atom stereocenters. The largest absolute Gasteiger partial charge is 0.480 e. The first kappa shape index (κ1) is 18.1. The third-order valence-corrected chi connectivity index (χ3v) is 3.96. The summed E-state index contributed by atoms with van der Waals surface area (Å²) in [6, 6.07) is -1.64. The standard InChI is InChI=1S/C12H20N2O3S2/c1-3-5-18-7-9(13)11(15)14-10(12(16)17)8-19-6-4-2/h3-6,9-10H,7-8,13H2,1-2H3,(H,14,15)(H,16,17)/b5-3-,6-4-/t9-,10-/m0/s1. The molecule has 0 fully saturated rings. The van der Waals surface area contributed by atoms with Crippen LogP contribution in [0.3, 0.4) is 0 Å². The summed E-state index contributed by atoms with van der Waals surface area (Å²) in [5.41, 5.74) is 5.68. The van der Waals surface area contributed by atoms with Crippen LogP contribution in [0.25, 0.3) is 0 Å². The fraction of sp³-hybridized carbons (Fsp3) is 0.500. The van der Waals surface area contributed by atoms with Gasteiger partial charge < -0.3 is 16.2 Å². The minimum Gasteiger partial charge on any atom is -0.480 e. The summed E-state index contributed by atoms with van der Waals surface area (Å²) in [4.78, 5) is 22.7. The molecule has 5 nitrogen and oxygen atoms in total. The van der Waals surface area contributed by atoms with E-state index in [-0.39, 0.29) is 5.75 Å². The Kier molecular flexibility index (Phi) is 10.4. The Bertz CT molecular complexity index is 346. The molecule has 0 radical (unpaired) electrons. The van der Waals surface area contributed by atoms with Crippen LogP contribution in [0.4, 0.5) is 0 Å². The topological polar surface area (TPSA) is 92.4 Å². The summed E-state index contributed by atoms with van der Waals surface area (Å²) >= 11 is 2.75. The molecule has 0 saturated carbocycles. The lowest BCUT2D eigenvalue weighted by Crippen LogP contribution is -2.50. The van der Waals surface area contributed by atoms with Crippen molar-refractivity contribution in [2.45, 2.75) is 25.9 Å². The van der Waals surface area contributed by atoms with Crippen LogP contribution in [0, 0.1) is 0 Å². The van der Waals surface area contributed by atoms with Gasteiger partial charge in [0.15, 0.2) is 0 Å². The normalized spacial score (nSPS) is 14.7.